The van der Waals surface area contributed by atoms with Crippen LogP contribution in [0, 0.1) is 5.82 Å². The number of hydrogen-bond donors (Lipinski definition) is 2. The van der Waals surface area contributed by atoms with Crippen LogP contribution in [0.25, 0.3) is 0 Å². The number of halogens is 7. The zero-order valence-corrected chi connectivity index (χ0v) is 20.2. The van der Waals surface area contributed by atoms with Crippen LogP contribution in [0.15, 0.2) is 48.8 Å². The van der Waals surface area contributed by atoms with Crippen LogP contribution < -0.4 is 0 Å². The Balaban J connectivity index is 0.000000317. The summed E-state index contributed by atoms with van der Waals surface area (Å²) in [4.78, 5) is 24.3. The third-order valence-electron chi connectivity index (χ3n) is 5.60. The first kappa shape index (κ1) is 31.9. The Kier molecular flexibility index (Phi) is 11.6. The monoisotopic (exact) mass is 570 g/mol. The Morgan fingerprint density at radius 2 is 1.62 bits per heavy atom. The highest BCUT2D eigenvalue weighted by atomic mass is 19.4. The van der Waals surface area contributed by atoms with Gasteiger partial charge in [-0.1, -0.05) is 18.2 Å². The van der Waals surface area contributed by atoms with Crippen molar-refractivity contribution in [3.63, 3.8) is 0 Å². The van der Waals surface area contributed by atoms with Gasteiger partial charge in [0.05, 0.1) is 25.4 Å². The average molecular weight is 570 g/mol. The predicted molar refractivity (Wildman–Crippen MR) is 120 cm³/mol. The molecular formula is C24H25F7N2O6. The van der Waals surface area contributed by atoms with Gasteiger partial charge in [-0.05, 0) is 42.2 Å². The first-order chi connectivity index (χ1) is 18.2. The maximum absolute atomic E-state index is 13.4. The SMILES string of the molecule is Fc1cccc(CN2CCO[C@H]3[C@@H](OCc4cccnc4)CC[C@@H]32)c1.O=C(O)C(F)(F)F.O=C(O)C(F)(F)F. The van der Waals surface area contributed by atoms with Crippen LogP contribution in [-0.4, -0.2) is 75.8 Å². The van der Waals surface area contributed by atoms with Crippen LogP contribution in [0.1, 0.15) is 24.0 Å². The molecule has 2 fully saturated rings. The molecule has 0 radical (unpaired) electrons. The summed E-state index contributed by atoms with van der Waals surface area (Å²) in [5.41, 5.74) is 2.10. The van der Waals surface area contributed by atoms with Gasteiger partial charge in [-0.15, -0.1) is 0 Å². The molecule has 2 heterocycles. The van der Waals surface area contributed by atoms with E-state index >= 15 is 0 Å². The molecule has 1 saturated heterocycles. The van der Waals surface area contributed by atoms with Crippen LogP contribution in [0.3, 0.4) is 0 Å². The van der Waals surface area contributed by atoms with Crippen molar-refractivity contribution in [2.45, 2.75) is 56.6 Å². The third kappa shape index (κ3) is 10.8. The molecule has 1 saturated carbocycles. The molecule has 4 rings (SSSR count). The van der Waals surface area contributed by atoms with Gasteiger partial charge in [0.2, 0.25) is 0 Å². The standard InChI is InChI=1S/C20H23FN2O2.2C2HF3O2/c21-17-5-1-3-15(11-17)13-23-9-10-24-20-18(23)6-7-19(20)25-14-16-4-2-8-22-12-16;2*3-2(4,5)1(6)7/h1-5,8,11-12,18-20H,6-7,9-10,13-14H2;2*(H,6,7)/t18-,19-,20+;;/m0../s1. The largest absolute Gasteiger partial charge is 0.490 e. The zero-order chi connectivity index (χ0) is 29.2. The number of carboxylic acids is 2. The van der Waals surface area contributed by atoms with Crippen LogP contribution >= 0.6 is 0 Å². The average Bonchev–Trinajstić information content (AvgIpc) is 3.27. The summed E-state index contributed by atoms with van der Waals surface area (Å²) < 4.78 is 89.1. The summed E-state index contributed by atoms with van der Waals surface area (Å²) in [6.45, 7) is 2.91. The van der Waals surface area contributed by atoms with Crippen LogP contribution in [0.5, 0.6) is 0 Å². The van der Waals surface area contributed by atoms with E-state index in [1.165, 1.54) is 6.07 Å². The van der Waals surface area contributed by atoms with E-state index in [1.807, 2.05) is 24.4 Å². The highest BCUT2D eigenvalue weighted by Crippen LogP contribution is 2.33. The maximum atomic E-state index is 13.4. The first-order valence-corrected chi connectivity index (χ1v) is 11.4. The Morgan fingerprint density at radius 3 is 2.15 bits per heavy atom. The minimum absolute atomic E-state index is 0.0963. The van der Waals surface area contributed by atoms with E-state index in [0.29, 0.717) is 19.3 Å². The van der Waals surface area contributed by atoms with E-state index in [9.17, 15) is 30.7 Å². The molecule has 0 unspecified atom stereocenters. The molecule has 1 aliphatic heterocycles. The predicted octanol–water partition coefficient (Wildman–Crippen LogP) is 4.44. The van der Waals surface area contributed by atoms with Gasteiger partial charge in [0.25, 0.3) is 0 Å². The molecule has 216 valence electrons. The van der Waals surface area contributed by atoms with Crippen molar-refractivity contribution >= 4 is 11.9 Å². The van der Waals surface area contributed by atoms with E-state index in [-0.39, 0.29) is 18.0 Å². The van der Waals surface area contributed by atoms with Gasteiger partial charge in [0, 0.05) is 31.5 Å². The van der Waals surface area contributed by atoms with E-state index in [0.717, 1.165) is 37.1 Å². The van der Waals surface area contributed by atoms with Crippen molar-refractivity contribution < 1.29 is 60.0 Å². The molecule has 1 aromatic carbocycles. The number of aromatic nitrogens is 1. The van der Waals surface area contributed by atoms with Gasteiger partial charge in [0.1, 0.15) is 5.82 Å². The molecule has 0 amide bonds. The molecule has 1 aliphatic carbocycles. The zero-order valence-electron chi connectivity index (χ0n) is 20.2. The minimum Gasteiger partial charge on any atom is -0.475 e. The fraction of sp³-hybridized carbons (Fsp3) is 0.458. The lowest BCUT2D eigenvalue weighted by molar-refractivity contribution is -0.193. The quantitative estimate of drug-likeness (QED) is 0.509. The summed E-state index contributed by atoms with van der Waals surface area (Å²) >= 11 is 0. The topological polar surface area (TPSA) is 109 Å². The van der Waals surface area contributed by atoms with Gasteiger partial charge < -0.3 is 19.7 Å². The fourth-order valence-electron chi connectivity index (χ4n) is 3.92. The molecule has 3 atom stereocenters. The lowest BCUT2D eigenvalue weighted by Gasteiger charge is -2.39. The van der Waals surface area contributed by atoms with Gasteiger partial charge in [-0.3, -0.25) is 9.88 Å². The Morgan fingerprint density at radius 1 is 1.00 bits per heavy atom. The number of rotatable bonds is 5. The first-order valence-electron chi connectivity index (χ1n) is 11.4. The molecule has 2 N–H and O–H groups in total. The van der Waals surface area contributed by atoms with Crippen LogP contribution in [0.2, 0.25) is 0 Å². The van der Waals surface area contributed by atoms with E-state index in [4.69, 9.17) is 29.3 Å². The number of alkyl halides is 6. The number of ether oxygens (including phenoxy) is 2. The summed E-state index contributed by atoms with van der Waals surface area (Å²) in [7, 11) is 0. The van der Waals surface area contributed by atoms with Crippen molar-refractivity contribution in [3.05, 3.63) is 65.7 Å². The molecule has 15 heteroatoms. The number of carboxylic acid groups (broad SMARTS) is 2. The van der Waals surface area contributed by atoms with Crippen molar-refractivity contribution in [2.75, 3.05) is 13.2 Å². The third-order valence-corrected chi connectivity index (χ3v) is 5.60. The van der Waals surface area contributed by atoms with Crippen molar-refractivity contribution in [2.24, 2.45) is 0 Å². The summed E-state index contributed by atoms with van der Waals surface area (Å²) in [5, 5.41) is 14.2. The Bertz CT molecular complexity index is 1040. The summed E-state index contributed by atoms with van der Waals surface area (Å²) in [5.74, 6) is -5.69. The summed E-state index contributed by atoms with van der Waals surface area (Å²) in [6.07, 6.45) is -4.31. The second-order valence-corrected chi connectivity index (χ2v) is 8.40. The maximum Gasteiger partial charge on any atom is 0.490 e. The number of morpholine rings is 1. The van der Waals surface area contributed by atoms with E-state index < -0.39 is 24.3 Å². The van der Waals surface area contributed by atoms with Gasteiger partial charge in [0.15, 0.2) is 0 Å². The molecule has 0 spiro atoms. The molecule has 39 heavy (non-hydrogen) atoms. The van der Waals surface area contributed by atoms with E-state index in [2.05, 4.69) is 9.88 Å². The van der Waals surface area contributed by atoms with Crippen molar-refractivity contribution in [1.82, 2.24) is 9.88 Å². The van der Waals surface area contributed by atoms with Crippen LogP contribution in [0.4, 0.5) is 30.7 Å². The molecular weight excluding hydrogens is 545 g/mol. The van der Waals surface area contributed by atoms with Gasteiger partial charge >= 0.3 is 24.3 Å². The molecule has 2 aliphatic rings. The van der Waals surface area contributed by atoms with E-state index in [1.54, 1.807) is 18.3 Å². The molecule has 8 nitrogen and oxygen atoms in total. The number of fused-ring (bicyclic) bond motifs is 1. The highest BCUT2D eigenvalue weighted by molar-refractivity contribution is 5.73. The smallest absolute Gasteiger partial charge is 0.475 e. The Labute approximate surface area is 218 Å². The lowest BCUT2D eigenvalue weighted by Crippen LogP contribution is -2.51. The number of pyridine rings is 1. The fourth-order valence-corrected chi connectivity index (χ4v) is 3.92. The second kappa shape index (κ2) is 14.2. The number of aliphatic carboxylic acids is 2. The highest BCUT2D eigenvalue weighted by Gasteiger charge is 2.43. The molecule has 0 bridgehead atoms. The van der Waals surface area contributed by atoms with Gasteiger partial charge in [-0.25, -0.2) is 14.0 Å². The van der Waals surface area contributed by atoms with Crippen LogP contribution in [-0.2, 0) is 32.2 Å². The number of nitrogens with zero attached hydrogens (tertiary/aromatic N) is 2. The number of hydrogen-bond acceptors (Lipinski definition) is 6. The number of carbonyl (C=O) groups is 2. The summed E-state index contributed by atoms with van der Waals surface area (Å²) in [6, 6.07) is 11.2. The molecule has 1 aromatic heterocycles. The number of benzene rings is 1. The van der Waals surface area contributed by atoms with Gasteiger partial charge in [-0.2, -0.15) is 26.3 Å². The normalized spacial score (nSPS) is 21.1. The Hall–Kier alpha value is -3.30. The molecule has 2 aromatic rings. The van der Waals surface area contributed by atoms with Crippen molar-refractivity contribution in [3.8, 4) is 0 Å². The second-order valence-electron chi connectivity index (χ2n) is 8.40. The minimum atomic E-state index is -5.08. The lowest BCUT2D eigenvalue weighted by atomic mass is 10.1. The van der Waals surface area contributed by atoms with Crippen molar-refractivity contribution in [1.29, 1.82) is 0 Å².